The van der Waals surface area contributed by atoms with Crippen LogP contribution in [0, 0.1) is 10.1 Å². The van der Waals surface area contributed by atoms with Crippen LogP contribution in [0.4, 0.5) is 11.4 Å². The van der Waals surface area contributed by atoms with Gasteiger partial charge < -0.3 is 25.4 Å². The van der Waals surface area contributed by atoms with Crippen molar-refractivity contribution in [3.05, 3.63) is 58.1 Å². The van der Waals surface area contributed by atoms with Crippen LogP contribution in [-0.4, -0.2) is 44.4 Å². The van der Waals surface area contributed by atoms with Gasteiger partial charge in [0.05, 0.1) is 4.92 Å². The lowest BCUT2D eigenvalue weighted by Gasteiger charge is -2.13. The molecule has 1 heterocycles. The first-order valence-electron chi connectivity index (χ1n) is 8.97. The van der Waals surface area contributed by atoms with E-state index in [0.717, 1.165) is 23.5 Å². The molecule has 0 spiro atoms. The molecule has 0 saturated heterocycles. The van der Waals surface area contributed by atoms with Crippen LogP contribution in [0.2, 0.25) is 0 Å². The van der Waals surface area contributed by atoms with Gasteiger partial charge in [0.25, 0.3) is 5.69 Å². The molecule has 0 amide bonds. The summed E-state index contributed by atoms with van der Waals surface area (Å²) in [6.07, 6.45) is 0.811. The summed E-state index contributed by atoms with van der Waals surface area (Å²) in [6, 6.07) is 12.5. The summed E-state index contributed by atoms with van der Waals surface area (Å²) in [5.41, 5.74) is 1.71. The molecule has 3 N–H and O–H groups in total. The molecule has 156 valence electrons. The van der Waals surface area contributed by atoms with E-state index in [4.69, 9.17) is 9.47 Å². The first-order valence-corrected chi connectivity index (χ1v) is 8.97. The number of anilines is 1. The molecule has 0 bridgehead atoms. The first kappa shape index (κ1) is 22.5. The van der Waals surface area contributed by atoms with Gasteiger partial charge in [-0.05, 0) is 30.2 Å². The average Bonchev–Trinajstić information content (AvgIpc) is 3.17. The fourth-order valence-corrected chi connectivity index (χ4v) is 2.80. The van der Waals surface area contributed by atoms with Crippen molar-refractivity contribution >= 4 is 41.3 Å². The zero-order chi connectivity index (χ0) is 19.8. The van der Waals surface area contributed by atoms with Crippen LogP contribution >= 0.6 is 24.0 Å². The summed E-state index contributed by atoms with van der Waals surface area (Å²) in [5.74, 6) is 2.23. The predicted octanol–water partition coefficient (Wildman–Crippen LogP) is 2.76. The molecule has 1 aliphatic rings. The van der Waals surface area contributed by atoms with Crippen molar-refractivity contribution in [2.45, 2.75) is 6.42 Å². The van der Waals surface area contributed by atoms with Crippen molar-refractivity contribution in [2.24, 2.45) is 4.99 Å². The Morgan fingerprint density at radius 2 is 1.86 bits per heavy atom. The number of rotatable bonds is 8. The van der Waals surface area contributed by atoms with Crippen molar-refractivity contribution < 1.29 is 14.4 Å². The topological polar surface area (TPSA) is 110 Å². The first-order chi connectivity index (χ1) is 13.7. The number of hydrogen-bond acceptors (Lipinski definition) is 6. The zero-order valence-electron chi connectivity index (χ0n) is 16.0. The number of guanidine groups is 1. The lowest BCUT2D eigenvalue weighted by atomic mass is 10.1. The van der Waals surface area contributed by atoms with Crippen molar-refractivity contribution in [3.63, 3.8) is 0 Å². The lowest BCUT2D eigenvalue weighted by molar-refractivity contribution is -0.384. The quantitative estimate of drug-likeness (QED) is 0.124. The second-order valence-corrected chi connectivity index (χ2v) is 6.06. The van der Waals surface area contributed by atoms with E-state index in [-0.39, 0.29) is 36.5 Å². The molecule has 29 heavy (non-hydrogen) atoms. The number of aliphatic imine (C=N–C) groups is 1. The van der Waals surface area contributed by atoms with Crippen molar-refractivity contribution in [1.82, 2.24) is 10.6 Å². The van der Waals surface area contributed by atoms with Crippen LogP contribution in [0.25, 0.3) is 0 Å². The Morgan fingerprint density at radius 1 is 1.10 bits per heavy atom. The third kappa shape index (κ3) is 6.38. The van der Waals surface area contributed by atoms with Gasteiger partial charge in [-0.25, -0.2) is 0 Å². The summed E-state index contributed by atoms with van der Waals surface area (Å²) in [5, 5.41) is 20.5. The van der Waals surface area contributed by atoms with Gasteiger partial charge in [-0.1, -0.05) is 18.2 Å². The van der Waals surface area contributed by atoms with Crippen molar-refractivity contribution in [1.29, 1.82) is 0 Å². The molecule has 1 aliphatic heterocycles. The maximum absolute atomic E-state index is 11.0. The molecule has 9 nitrogen and oxygen atoms in total. The van der Waals surface area contributed by atoms with E-state index in [1.54, 1.807) is 25.2 Å². The highest BCUT2D eigenvalue weighted by Crippen LogP contribution is 2.32. The van der Waals surface area contributed by atoms with Crippen LogP contribution in [-0.2, 0) is 6.42 Å². The molecular formula is C19H24IN5O4. The average molecular weight is 513 g/mol. The molecule has 0 fully saturated rings. The minimum atomic E-state index is -0.396. The highest BCUT2D eigenvalue weighted by molar-refractivity contribution is 14.0. The number of nitrogens with one attached hydrogen (secondary N) is 3. The minimum absolute atomic E-state index is 0. The molecule has 0 aromatic heterocycles. The molecule has 0 radical (unpaired) electrons. The fraction of sp³-hybridized carbons (Fsp3) is 0.316. The molecular weight excluding hydrogens is 489 g/mol. The normalized spacial score (nSPS) is 12.1. The molecule has 10 heteroatoms. The van der Waals surface area contributed by atoms with E-state index in [2.05, 4.69) is 20.9 Å². The van der Waals surface area contributed by atoms with Gasteiger partial charge in [0.15, 0.2) is 17.5 Å². The van der Waals surface area contributed by atoms with Crippen LogP contribution in [0.15, 0.2) is 47.5 Å². The lowest BCUT2D eigenvalue weighted by Crippen LogP contribution is -2.40. The maximum atomic E-state index is 11.0. The Balaban J connectivity index is 0.00000300. The van der Waals surface area contributed by atoms with E-state index in [1.807, 2.05) is 18.2 Å². The molecule has 3 rings (SSSR count). The van der Waals surface area contributed by atoms with Gasteiger partial charge >= 0.3 is 0 Å². The monoisotopic (exact) mass is 513 g/mol. The van der Waals surface area contributed by atoms with Gasteiger partial charge in [0, 0.05) is 32.7 Å². The number of ether oxygens (including phenoxy) is 2. The number of nitrogens with zero attached hydrogens (tertiary/aromatic N) is 2. The molecule has 2 aromatic rings. The Kier molecular flexibility index (Phi) is 8.77. The van der Waals surface area contributed by atoms with Crippen molar-refractivity contribution in [2.75, 3.05) is 38.8 Å². The number of halogens is 1. The van der Waals surface area contributed by atoms with Gasteiger partial charge in [-0.15, -0.1) is 24.0 Å². The van der Waals surface area contributed by atoms with E-state index >= 15 is 0 Å². The third-order valence-electron chi connectivity index (χ3n) is 4.20. The van der Waals surface area contributed by atoms with Gasteiger partial charge in [0.1, 0.15) is 5.69 Å². The molecule has 0 saturated carbocycles. The molecule has 0 aliphatic carbocycles. The summed E-state index contributed by atoms with van der Waals surface area (Å²) >= 11 is 0. The highest BCUT2D eigenvalue weighted by Gasteiger charge is 2.13. The van der Waals surface area contributed by atoms with Crippen LogP contribution in [0.5, 0.6) is 11.5 Å². The molecule has 2 aromatic carbocycles. The van der Waals surface area contributed by atoms with E-state index in [1.165, 1.54) is 6.07 Å². The Bertz CT molecular complexity index is 862. The summed E-state index contributed by atoms with van der Waals surface area (Å²) in [7, 11) is 1.70. The Hall–Kier alpha value is -2.76. The summed E-state index contributed by atoms with van der Waals surface area (Å²) in [4.78, 5) is 14.8. The van der Waals surface area contributed by atoms with Crippen LogP contribution in [0.3, 0.4) is 0 Å². The summed E-state index contributed by atoms with van der Waals surface area (Å²) in [6.45, 7) is 2.06. The largest absolute Gasteiger partial charge is 0.454 e. The van der Waals surface area contributed by atoms with Crippen LogP contribution < -0.4 is 25.4 Å². The van der Waals surface area contributed by atoms with Crippen molar-refractivity contribution in [3.8, 4) is 11.5 Å². The van der Waals surface area contributed by atoms with Gasteiger partial charge in [0.2, 0.25) is 6.79 Å². The number of para-hydroxylation sites is 2. The third-order valence-corrected chi connectivity index (χ3v) is 4.20. The second kappa shape index (κ2) is 11.3. The molecule has 0 unspecified atom stereocenters. The number of nitro groups is 1. The number of nitro benzene ring substituents is 1. The van der Waals surface area contributed by atoms with E-state index < -0.39 is 4.92 Å². The SMILES string of the molecule is CN=C(NCCNc1ccccc1[N+](=O)[O-])NCCc1ccc2c(c1)OCO2.I. The summed E-state index contributed by atoms with van der Waals surface area (Å²) < 4.78 is 10.7. The zero-order valence-corrected chi connectivity index (χ0v) is 18.3. The predicted molar refractivity (Wildman–Crippen MR) is 123 cm³/mol. The number of hydrogen-bond donors (Lipinski definition) is 3. The maximum Gasteiger partial charge on any atom is 0.292 e. The second-order valence-electron chi connectivity index (χ2n) is 6.06. The van der Waals surface area contributed by atoms with Gasteiger partial charge in [-0.2, -0.15) is 0 Å². The molecule has 0 atom stereocenters. The Morgan fingerprint density at radius 3 is 2.66 bits per heavy atom. The minimum Gasteiger partial charge on any atom is -0.454 e. The van der Waals surface area contributed by atoms with E-state index in [0.29, 0.717) is 31.3 Å². The Labute approximate surface area is 186 Å². The standard InChI is InChI=1S/C19H23N5O4.HI/c1-20-19(22-9-8-14-6-7-17-18(12-14)28-13-27-17)23-11-10-21-15-4-2-3-5-16(15)24(25)26;/h2-7,12,21H,8-11,13H2,1H3,(H2,20,22,23);1H. The fourth-order valence-electron chi connectivity index (χ4n) is 2.80. The van der Waals surface area contributed by atoms with E-state index in [9.17, 15) is 10.1 Å². The number of benzene rings is 2. The smallest absolute Gasteiger partial charge is 0.292 e. The number of fused-ring (bicyclic) bond motifs is 1. The van der Waals surface area contributed by atoms with Crippen LogP contribution in [0.1, 0.15) is 5.56 Å². The highest BCUT2D eigenvalue weighted by atomic mass is 127. The van der Waals surface area contributed by atoms with Gasteiger partial charge in [-0.3, -0.25) is 15.1 Å².